The van der Waals surface area contributed by atoms with Crippen molar-refractivity contribution < 1.29 is 19.4 Å². The van der Waals surface area contributed by atoms with Gasteiger partial charge < -0.3 is 20.1 Å². The molecule has 122 valence electrons. The van der Waals surface area contributed by atoms with E-state index in [0.29, 0.717) is 36.6 Å². The van der Waals surface area contributed by atoms with Crippen molar-refractivity contribution in [2.75, 3.05) is 25.0 Å². The smallest absolute Gasteiger partial charge is 0.321 e. The molecule has 7 nitrogen and oxygen atoms in total. The SMILES string of the molecule is CCOc1ccc(C#N)cc1NC(=O)N1CCC(C)(C(=O)O)C1. The number of benzene rings is 1. The lowest BCUT2D eigenvalue weighted by atomic mass is 9.90. The topological polar surface area (TPSA) is 103 Å². The summed E-state index contributed by atoms with van der Waals surface area (Å²) in [5.74, 6) is -0.436. The maximum Gasteiger partial charge on any atom is 0.321 e. The van der Waals surface area contributed by atoms with Crippen LogP contribution in [0.1, 0.15) is 25.8 Å². The summed E-state index contributed by atoms with van der Waals surface area (Å²) in [6.45, 7) is 4.40. The van der Waals surface area contributed by atoms with Crippen molar-refractivity contribution in [2.24, 2.45) is 5.41 Å². The maximum atomic E-state index is 12.4. The first-order valence-corrected chi connectivity index (χ1v) is 7.36. The van der Waals surface area contributed by atoms with Crippen LogP contribution in [0.2, 0.25) is 0 Å². The third-order valence-electron chi connectivity index (χ3n) is 3.93. The molecular formula is C16H19N3O4. The average Bonchev–Trinajstić information content (AvgIpc) is 2.93. The summed E-state index contributed by atoms with van der Waals surface area (Å²) < 4.78 is 5.44. The zero-order valence-electron chi connectivity index (χ0n) is 13.1. The minimum Gasteiger partial charge on any atom is -0.492 e. The maximum absolute atomic E-state index is 12.4. The number of nitrogens with one attached hydrogen (secondary N) is 1. The predicted octanol–water partition coefficient (Wildman–Crippen LogP) is 2.29. The lowest BCUT2D eigenvalue weighted by Crippen LogP contribution is -2.37. The van der Waals surface area contributed by atoms with Gasteiger partial charge in [0.05, 0.1) is 29.3 Å². The summed E-state index contributed by atoms with van der Waals surface area (Å²) >= 11 is 0. The number of carbonyl (C=O) groups excluding carboxylic acids is 1. The number of hydrogen-bond donors (Lipinski definition) is 2. The van der Waals surface area contributed by atoms with E-state index in [1.807, 2.05) is 13.0 Å². The van der Waals surface area contributed by atoms with Gasteiger partial charge in [-0.05, 0) is 38.5 Å². The highest BCUT2D eigenvalue weighted by Crippen LogP contribution is 2.31. The van der Waals surface area contributed by atoms with Crippen molar-refractivity contribution in [3.8, 4) is 11.8 Å². The first-order valence-electron chi connectivity index (χ1n) is 7.36. The van der Waals surface area contributed by atoms with Crippen LogP contribution in [-0.2, 0) is 4.79 Å². The number of ether oxygens (including phenoxy) is 1. The monoisotopic (exact) mass is 317 g/mol. The summed E-state index contributed by atoms with van der Waals surface area (Å²) in [7, 11) is 0. The molecule has 0 aromatic heterocycles. The van der Waals surface area contributed by atoms with Gasteiger partial charge in [-0.2, -0.15) is 5.26 Å². The summed E-state index contributed by atoms with van der Waals surface area (Å²) in [5.41, 5.74) is -0.116. The van der Waals surface area contributed by atoms with Crippen LogP contribution >= 0.6 is 0 Å². The number of urea groups is 1. The molecule has 23 heavy (non-hydrogen) atoms. The fraction of sp³-hybridized carbons (Fsp3) is 0.438. The van der Waals surface area contributed by atoms with Crippen molar-refractivity contribution in [3.63, 3.8) is 0 Å². The zero-order valence-corrected chi connectivity index (χ0v) is 13.1. The van der Waals surface area contributed by atoms with E-state index in [0.717, 1.165) is 0 Å². The second-order valence-electron chi connectivity index (χ2n) is 5.72. The van der Waals surface area contributed by atoms with Crippen LogP contribution in [0, 0.1) is 16.7 Å². The summed E-state index contributed by atoms with van der Waals surface area (Å²) in [6, 6.07) is 6.39. The van der Waals surface area contributed by atoms with Gasteiger partial charge in [-0.25, -0.2) is 4.79 Å². The molecule has 0 radical (unpaired) electrons. The molecule has 2 N–H and O–H groups in total. The highest BCUT2D eigenvalue weighted by Gasteiger charge is 2.42. The molecule has 7 heteroatoms. The molecule has 1 aliphatic rings. The molecular weight excluding hydrogens is 298 g/mol. The largest absolute Gasteiger partial charge is 0.492 e. The summed E-state index contributed by atoms with van der Waals surface area (Å²) in [6.07, 6.45) is 0.409. The van der Waals surface area contributed by atoms with Gasteiger partial charge in [0.2, 0.25) is 0 Å². The van der Waals surface area contributed by atoms with E-state index in [9.17, 15) is 14.7 Å². The van der Waals surface area contributed by atoms with Gasteiger partial charge >= 0.3 is 12.0 Å². The van der Waals surface area contributed by atoms with Gasteiger partial charge in [-0.1, -0.05) is 0 Å². The lowest BCUT2D eigenvalue weighted by molar-refractivity contribution is -0.146. The Kier molecular flexibility index (Phi) is 4.74. The minimum atomic E-state index is -0.922. The lowest BCUT2D eigenvalue weighted by Gasteiger charge is -2.21. The second kappa shape index (κ2) is 6.57. The van der Waals surface area contributed by atoms with Crippen LogP contribution in [0.15, 0.2) is 18.2 Å². The first-order chi connectivity index (χ1) is 10.9. The summed E-state index contributed by atoms with van der Waals surface area (Å²) in [5, 5.41) is 20.9. The third-order valence-corrected chi connectivity index (χ3v) is 3.93. The van der Waals surface area contributed by atoms with E-state index in [1.54, 1.807) is 19.1 Å². The Morgan fingerprint density at radius 2 is 2.26 bits per heavy atom. The molecule has 2 rings (SSSR count). The van der Waals surface area contributed by atoms with Crippen molar-refractivity contribution in [1.82, 2.24) is 4.90 Å². The molecule has 0 saturated carbocycles. The molecule has 0 spiro atoms. The molecule has 0 bridgehead atoms. The number of anilines is 1. The highest BCUT2D eigenvalue weighted by molar-refractivity contribution is 5.92. The van der Waals surface area contributed by atoms with Gasteiger partial charge in [0.1, 0.15) is 5.75 Å². The predicted molar refractivity (Wildman–Crippen MR) is 83.3 cm³/mol. The fourth-order valence-electron chi connectivity index (χ4n) is 2.48. The number of carbonyl (C=O) groups is 2. The van der Waals surface area contributed by atoms with Gasteiger partial charge in [0.15, 0.2) is 0 Å². The number of hydrogen-bond acceptors (Lipinski definition) is 4. The van der Waals surface area contributed by atoms with Crippen LogP contribution in [0.5, 0.6) is 5.75 Å². The standard InChI is InChI=1S/C16H19N3O4/c1-3-23-13-5-4-11(9-17)8-12(13)18-15(22)19-7-6-16(2,10-19)14(20)21/h4-5,8H,3,6-7,10H2,1-2H3,(H,18,22)(H,20,21). The van der Waals surface area contributed by atoms with E-state index < -0.39 is 17.4 Å². The Hall–Kier alpha value is -2.75. The van der Waals surface area contributed by atoms with Crippen molar-refractivity contribution in [2.45, 2.75) is 20.3 Å². The zero-order chi connectivity index (χ0) is 17.0. The first kappa shape index (κ1) is 16.6. The van der Waals surface area contributed by atoms with E-state index in [4.69, 9.17) is 10.00 Å². The van der Waals surface area contributed by atoms with Crippen LogP contribution in [0.3, 0.4) is 0 Å². The number of nitrogens with zero attached hydrogens (tertiary/aromatic N) is 2. The Morgan fingerprint density at radius 3 is 2.83 bits per heavy atom. The Morgan fingerprint density at radius 1 is 1.52 bits per heavy atom. The van der Waals surface area contributed by atoms with E-state index >= 15 is 0 Å². The number of aliphatic carboxylic acids is 1. The third kappa shape index (κ3) is 3.54. The number of rotatable bonds is 4. The van der Waals surface area contributed by atoms with Crippen LogP contribution in [0.4, 0.5) is 10.5 Å². The molecule has 1 aliphatic heterocycles. The van der Waals surface area contributed by atoms with Crippen molar-refractivity contribution >= 4 is 17.7 Å². The van der Waals surface area contributed by atoms with Crippen molar-refractivity contribution in [3.05, 3.63) is 23.8 Å². The fourth-order valence-corrected chi connectivity index (χ4v) is 2.48. The number of carboxylic acids is 1. The number of likely N-dealkylation sites (tertiary alicyclic amines) is 1. The minimum absolute atomic E-state index is 0.149. The van der Waals surface area contributed by atoms with Crippen molar-refractivity contribution in [1.29, 1.82) is 5.26 Å². The Labute approximate surface area is 134 Å². The summed E-state index contributed by atoms with van der Waals surface area (Å²) in [4.78, 5) is 25.1. The Balaban J connectivity index is 2.14. The highest BCUT2D eigenvalue weighted by atomic mass is 16.5. The second-order valence-corrected chi connectivity index (χ2v) is 5.72. The van der Waals surface area contributed by atoms with Gasteiger partial charge in [-0.3, -0.25) is 4.79 Å². The molecule has 2 amide bonds. The normalized spacial score (nSPS) is 20.0. The van der Waals surface area contributed by atoms with E-state index in [2.05, 4.69) is 5.32 Å². The molecule has 1 saturated heterocycles. The van der Waals surface area contributed by atoms with Crippen LogP contribution in [-0.4, -0.2) is 41.7 Å². The number of nitriles is 1. The van der Waals surface area contributed by atoms with Gasteiger partial charge in [0.25, 0.3) is 0 Å². The molecule has 1 aromatic rings. The molecule has 1 atom stereocenters. The van der Waals surface area contributed by atoms with Gasteiger partial charge in [0, 0.05) is 13.1 Å². The quantitative estimate of drug-likeness (QED) is 0.887. The molecule has 1 heterocycles. The van der Waals surface area contributed by atoms with E-state index in [-0.39, 0.29) is 6.54 Å². The van der Waals surface area contributed by atoms with Gasteiger partial charge in [-0.15, -0.1) is 0 Å². The number of carboxylic acid groups (broad SMARTS) is 1. The Bertz CT molecular complexity index is 668. The molecule has 1 unspecified atom stereocenters. The average molecular weight is 317 g/mol. The molecule has 0 aliphatic carbocycles. The number of amides is 2. The van der Waals surface area contributed by atoms with Crippen LogP contribution < -0.4 is 10.1 Å². The van der Waals surface area contributed by atoms with E-state index in [1.165, 1.54) is 11.0 Å². The van der Waals surface area contributed by atoms with Crippen LogP contribution in [0.25, 0.3) is 0 Å². The molecule has 1 fully saturated rings. The molecule has 1 aromatic carbocycles.